The van der Waals surface area contributed by atoms with E-state index in [1.54, 1.807) is 0 Å². The summed E-state index contributed by atoms with van der Waals surface area (Å²) in [5.41, 5.74) is 0.420. The van der Waals surface area contributed by atoms with Gasteiger partial charge in [-0.3, -0.25) is 14.9 Å². The molecule has 0 spiro atoms. The molecule has 2 aromatic rings. The number of esters is 1. The van der Waals surface area contributed by atoms with Crippen LogP contribution < -0.4 is 9.47 Å². The summed E-state index contributed by atoms with van der Waals surface area (Å²) < 4.78 is 10.2. The lowest BCUT2D eigenvalue weighted by Gasteiger charge is -2.09. The highest BCUT2D eigenvalue weighted by molar-refractivity contribution is 5.91. The summed E-state index contributed by atoms with van der Waals surface area (Å²) in [6, 6.07) is 9.37. The maximum Gasteiger partial charge on any atom is 0.343 e. The van der Waals surface area contributed by atoms with Crippen LogP contribution in [0.3, 0.4) is 0 Å². The van der Waals surface area contributed by atoms with E-state index in [1.807, 2.05) is 0 Å². The number of nitrogens with zero attached hydrogens (tertiary/aromatic N) is 1. The maximum atomic E-state index is 12.0. The molecular formula is C15H11NO6. The highest BCUT2D eigenvalue weighted by Gasteiger charge is 2.14. The van der Waals surface area contributed by atoms with Crippen LogP contribution in [0.4, 0.5) is 5.69 Å². The highest BCUT2D eigenvalue weighted by Crippen LogP contribution is 2.28. The number of methoxy groups -OCH3 is 1. The van der Waals surface area contributed by atoms with Crippen LogP contribution in [0.5, 0.6) is 11.5 Å². The minimum atomic E-state index is -0.688. The fraction of sp³-hybridized carbons (Fsp3) is 0.0667. The third-order valence-corrected chi connectivity index (χ3v) is 2.84. The van der Waals surface area contributed by atoms with E-state index < -0.39 is 10.9 Å². The van der Waals surface area contributed by atoms with Gasteiger partial charge in [0.05, 0.1) is 17.6 Å². The van der Waals surface area contributed by atoms with Crippen LogP contribution in [-0.4, -0.2) is 24.3 Å². The molecule has 22 heavy (non-hydrogen) atoms. The zero-order valence-electron chi connectivity index (χ0n) is 11.5. The van der Waals surface area contributed by atoms with E-state index in [0.717, 1.165) is 0 Å². The average Bonchev–Trinajstić information content (AvgIpc) is 2.55. The Balaban J connectivity index is 2.21. The van der Waals surface area contributed by atoms with Crippen molar-refractivity contribution in [3.63, 3.8) is 0 Å². The monoisotopic (exact) mass is 301 g/mol. The van der Waals surface area contributed by atoms with Crippen molar-refractivity contribution < 1.29 is 24.0 Å². The van der Waals surface area contributed by atoms with Crippen molar-refractivity contribution in [1.82, 2.24) is 0 Å². The van der Waals surface area contributed by atoms with Crippen LogP contribution in [0.15, 0.2) is 42.5 Å². The highest BCUT2D eigenvalue weighted by atomic mass is 16.6. The molecule has 0 amide bonds. The number of non-ortho nitro benzene ring substituents is 1. The van der Waals surface area contributed by atoms with Gasteiger partial charge in [0.25, 0.3) is 5.69 Å². The smallest absolute Gasteiger partial charge is 0.343 e. The normalized spacial score (nSPS) is 9.86. The molecule has 0 bridgehead atoms. The number of hydrogen-bond donors (Lipinski definition) is 0. The van der Waals surface area contributed by atoms with E-state index in [-0.39, 0.29) is 22.7 Å². The summed E-state index contributed by atoms with van der Waals surface area (Å²) in [6.45, 7) is 0. The van der Waals surface area contributed by atoms with Gasteiger partial charge in [-0.2, -0.15) is 0 Å². The van der Waals surface area contributed by atoms with Crippen molar-refractivity contribution in [2.24, 2.45) is 0 Å². The molecule has 0 aromatic heterocycles. The van der Waals surface area contributed by atoms with E-state index >= 15 is 0 Å². The predicted molar refractivity (Wildman–Crippen MR) is 76.4 cm³/mol. The molecule has 0 atom stereocenters. The van der Waals surface area contributed by atoms with Crippen LogP contribution in [-0.2, 0) is 0 Å². The van der Waals surface area contributed by atoms with Crippen LogP contribution in [0.2, 0.25) is 0 Å². The van der Waals surface area contributed by atoms with Gasteiger partial charge < -0.3 is 9.47 Å². The largest absolute Gasteiger partial charge is 0.493 e. The van der Waals surface area contributed by atoms with Crippen molar-refractivity contribution in [3.8, 4) is 11.5 Å². The number of rotatable bonds is 5. The van der Waals surface area contributed by atoms with E-state index in [9.17, 15) is 19.7 Å². The second-order valence-electron chi connectivity index (χ2n) is 4.22. The summed E-state index contributed by atoms with van der Waals surface area (Å²) in [4.78, 5) is 32.7. The van der Waals surface area contributed by atoms with Gasteiger partial charge in [0.2, 0.25) is 0 Å². The summed E-state index contributed by atoms with van der Waals surface area (Å²) in [6.07, 6.45) is 0.643. The summed E-state index contributed by atoms with van der Waals surface area (Å²) >= 11 is 0. The minimum absolute atomic E-state index is 0.121. The molecule has 0 fully saturated rings. The first-order valence-corrected chi connectivity index (χ1v) is 6.15. The Labute approximate surface area is 125 Å². The molecule has 0 unspecified atom stereocenters. The van der Waals surface area contributed by atoms with Crippen LogP contribution in [0, 0.1) is 10.1 Å². The Morgan fingerprint density at radius 2 is 1.82 bits per heavy atom. The Morgan fingerprint density at radius 3 is 2.36 bits per heavy atom. The average molecular weight is 301 g/mol. The summed E-state index contributed by atoms with van der Waals surface area (Å²) in [5, 5.41) is 10.6. The van der Waals surface area contributed by atoms with Gasteiger partial charge in [0, 0.05) is 17.7 Å². The standard InChI is InChI=1S/C15H11NO6/c1-21-14-8-10(9-17)2-7-13(14)22-15(18)11-3-5-12(6-4-11)16(19)20/h2-9H,1H3. The van der Waals surface area contributed by atoms with E-state index in [1.165, 1.54) is 49.6 Å². The lowest BCUT2D eigenvalue weighted by molar-refractivity contribution is -0.384. The van der Waals surface area contributed by atoms with Crippen molar-refractivity contribution in [2.45, 2.75) is 0 Å². The van der Waals surface area contributed by atoms with Crippen molar-refractivity contribution in [3.05, 3.63) is 63.7 Å². The van der Waals surface area contributed by atoms with Gasteiger partial charge in [-0.15, -0.1) is 0 Å². The van der Waals surface area contributed by atoms with Crippen LogP contribution in [0.25, 0.3) is 0 Å². The van der Waals surface area contributed by atoms with Crippen LogP contribution >= 0.6 is 0 Å². The van der Waals surface area contributed by atoms with Gasteiger partial charge in [0.15, 0.2) is 11.5 Å². The van der Waals surface area contributed by atoms with E-state index in [4.69, 9.17) is 9.47 Å². The number of aldehydes is 1. The zero-order valence-corrected chi connectivity index (χ0v) is 11.5. The molecule has 2 rings (SSSR count). The SMILES string of the molecule is COc1cc(C=O)ccc1OC(=O)c1ccc([N+](=O)[O-])cc1. The lowest BCUT2D eigenvalue weighted by atomic mass is 10.2. The molecule has 7 nitrogen and oxygen atoms in total. The predicted octanol–water partition coefficient (Wildman–Crippen LogP) is 2.64. The van der Waals surface area contributed by atoms with Gasteiger partial charge in [0.1, 0.15) is 6.29 Å². The fourth-order valence-electron chi connectivity index (χ4n) is 1.72. The van der Waals surface area contributed by atoms with Gasteiger partial charge in [-0.25, -0.2) is 4.79 Å². The quantitative estimate of drug-likeness (QED) is 0.277. The summed E-state index contributed by atoms with van der Waals surface area (Å²) in [5.74, 6) is -0.302. The van der Waals surface area contributed by atoms with Gasteiger partial charge in [-0.05, 0) is 30.3 Å². The Bertz CT molecular complexity index is 723. The maximum absolute atomic E-state index is 12.0. The first kappa shape index (κ1) is 15.2. The van der Waals surface area contributed by atoms with E-state index in [0.29, 0.717) is 11.8 Å². The molecule has 0 saturated carbocycles. The third-order valence-electron chi connectivity index (χ3n) is 2.84. The third kappa shape index (κ3) is 3.26. The number of benzene rings is 2. The molecule has 0 aliphatic carbocycles. The molecule has 0 aliphatic heterocycles. The minimum Gasteiger partial charge on any atom is -0.493 e. The van der Waals surface area contributed by atoms with Crippen molar-refractivity contribution >= 4 is 17.9 Å². The molecule has 0 N–H and O–H groups in total. The Morgan fingerprint density at radius 1 is 1.14 bits per heavy atom. The molecule has 0 saturated heterocycles. The number of hydrogen-bond acceptors (Lipinski definition) is 6. The molecule has 0 heterocycles. The molecule has 0 radical (unpaired) electrons. The Hall–Kier alpha value is -3.22. The van der Waals surface area contributed by atoms with Crippen molar-refractivity contribution in [1.29, 1.82) is 0 Å². The number of nitro groups is 1. The van der Waals surface area contributed by atoms with Crippen LogP contribution in [0.1, 0.15) is 20.7 Å². The fourth-order valence-corrected chi connectivity index (χ4v) is 1.72. The zero-order chi connectivity index (χ0) is 16.1. The van der Waals surface area contributed by atoms with Gasteiger partial charge in [-0.1, -0.05) is 0 Å². The number of carbonyl (C=O) groups is 2. The molecular weight excluding hydrogens is 290 g/mol. The molecule has 0 aliphatic rings. The lowest BCUT2D eigenvalue weighted by Crippen LogP contribution is -2.09. The number of ether oxygens (including phenoxy) is 2. The number of carbonyl (C=O) groups excluding carboxylic acids is 2. The topological polar surface area (TPSA) is 95.7 Å². The van der Waals surface area contributed by atoms with E-state index in [2.05, 4.69) is 0 Å². The molecule has 2 aromatic carbocycles. The second-order valence-corrected chi connectivity index (χ2v) is 4.22. The molecule has 112 valence electrons. The summed E-state index contributed by atoms with van der Waals surface area (Å²) in [7, 11) is 1.38. The second kappa shape index (κ2) is 6.49. The van der Waals surface area contributed by atoms with Gasteiger partial charge >= 0.3 is 5.97 Å². The van der Waals surface area contributed by atoms with Crippen molar-refractivity contribution in [2.75, 3.05) is 7.11 Å². The number of nitro benzene ring substituents is 1. The Kier molecular flexibility index (Phi) is 4.47. The first-order valence-electron chi connectivity index (χ1n) is 6.15. The first-order chi connectivity index (χ1) is 10.5. The molecule has 7 heteroatoms.